The lowest BCUT2D eigenvalue weighted by Gasteiger charge is -2.29. The van der Waals surface area contributed by atoms with Gasteiger partial charge in [0.15, 0.2) is 8.32 Å². The van der Waals surface area contributed by atoms with Crippen molar-refractivity contribution in [1.82, 2.24) is 0 Å². The fourth-order valence-electron chi connectivity index (χ4n) is 1.90. The molecule has 0 aliphatic carbocycles. The second-order valence-corrected chi connectivity index (χ2v) is 9.78. The molecule has 1 aliphatic rings. The number of hydrogen-bond donors (Lipinski definition) is 0. The molecule has 0 bridgehead atoms. The van der Waals surface area contributed by atoms with E-state index >= 15 is 0 Å². The summed E-state index contributed by atoms with van der Waals surface area (Å²) in [5.74, 6) is -0.292. The fraction of sp³-hybridized carbons (Fsp3) is 0.357. The first-order valence-corrected chi connectivity index (χ1v) is 9.48. The Balaban J connectivity index is 2.24. The van der Waals surface area contributed by atoms with Crippen molar-refractivity contribution in [3.8, 4) is 0 Å². The Morgan fingerprint density at radius 1 is 1.22 bits per heavy atom. The molecule has 1 heterocycles. The molecule has 96 valence electrons. The minimum absolute atomic E-state index is 0.208. The van der Waals surface area contributed by atoms with E-state index in [4.69, 9.17) is 9.16 Å². The van der Waals surface area contributed by atoms with E-state index in [2.05, 4.69) is 19.6 Å². The summed E-state index contributed by atoms with van der Waals surface area (Å²) in [4.78, 5) is 11.2. The fourth-order valence-corrected chi connectivity index (χ4v) is 2.93. The van der Waals surface area contributed by atoms with Crippen molar-refractivity contribution in [2.45, 2.75) is 31.8 Å². The third-order valence-electron chi connectivity index (χ3n) is 2.58. The maximum Gasteiger partial charge on any atom is 0.331 e. The van der Waals surface area contributed by atoms with Crippen LogP contribution in [0.3, 0.4) is 0 Å². The number of benzene rings is 1. The molecule has 0 N–H and O–H groups in total. The van der Waals surface area contributed by atoms with Crippen molar-refractivity contribution >= 4 is 14.3 Å². The first-order valence-electron chi connectivity index (χ1n) is 6.07. The third kappa shape index (κ3) is 3.30. The third-order valence-corrected chi connectivity index (χ3v) is 3.54. The van der Waals surface area contributed by atoms with Crippen molar-refractivity contribution in [3.05, 3.63) is 48.0 Å². The Morgan fingerprint density at radius 2 is 1.89 bits per heavy atom. The summed E-state index contributed by atoms with van der Waals surface area (Å²) in [7, 11) is -1.72. The molecule has 2 atom stereocenters. The van der Waals surface area contributed by atoms with Crippen LogP contribution >= 0.6 is 0 Å². The summed E-state index contributed by atoms with van der Waals surface area (Å²) >= 11 is 0. The predicted octanol–water partition coefficient (Wildman–Crippen LogP) is 3.06. The monoisotopic (exact) mass is 262 g/mol. The highest BCUT2D eigenvalue weighted by Crippen LogP contribution is 2.30. The van der Waals surface area contributed by atoms with Crippen molar-refractivity contribution in [1.29, 1.82) is 0 Å². The largest absolute Gasteiger partial charge is 0.452 e. The van der Waals surface area contributed by atoms with Crippen LogP contribution in [0, 0.1) is 0 Å². The quantitative estimate of drug-likeness (QED) is 0.618. The van der Waals surface area contributed by atoms with Gasteiger partial charge in [0, 0.05) is 6.08 Å². The van der Waals surface area contributed by atoms with Crippen molar-refractivity contribution < 1.29 is 14.0 Å². The van der Waals surface area contributed by atoms with Crippen molar-refractivity contribution in [2.75, 3.05) is 0 Å². The molecule has 1 aromatic rings. The number of esters is 1. The standard InChI is InChI=1S/C14H18O3Si/c1-18(2,3)17-14(11-7-5-4-6-8-11)12-9-10-13(15)16-12/h4-10,12,14H,1-3H3/t12-,14-/m0/s1. The van der Waals surface area contributed by atoms with Crippen LogP contribution in [0.15, 0.2) is 42.5 Å². The molecule has 18 heavy (non-hydrogen) atoms. The Hall–Kier alpha value is -1.39. The van der Waals surface area contributed by atoms with Gasteiger partial charge < -0.3 is 9.16 Å². The van der Waals surface area contributed by atoms with Crippen molar-refractivity contribution in [3.63, 3.8) is 0 Å². The molecule has 0 spiro atoms. The van der Waals surface area contributed by atoms with Gasteiger partial charge in [-0.25, -0.2) is 4.79 Å². The lowest BCUT2D eigenvalue weighted by Crippen LogP contribution is -2.33. The van der Waals surface area contributed by atoms with Crippen LogP contribution in [0.5, 0.6) is 0 Å². The van der Waals surface area contributed by atoms with Crippen LogP contribution in [0.25, 0.3) is 0 Å². The maximum absolute atomic E-state index is 11.2. The summed E-state index contributed by atoms with van der Waals surface area (Å²) in [5, 5.41) is 0. The molecule has 0 unspecified atom stereocenters. The lowest BCUT2D eigenvalue weighted by atomic mass is 10.1. The van der Waals surface area contributed by atoms with Gasteiger partial charge in [0.1, 0.15) is 12.2 Å². The molecule has 0 radical (unpaired) electrons. The lowest BCUT2D eigenvalue weighted by molar-refractivity contribution is -0.142. The Bertz CT molecular complexity index is 448. The molecular weight excluding hydrogens is 244 g/mol. The van der Waals surface area contributed by atoms with E-state index in [0.717, 1.165) is 5.56 Å². The molecule has 1 aromatic carbocycles. The molecule has 4 heteroatoms. The highest BCUT2D eigenvalue weighted by Gasteiger charge is 2.32. The van der Waals surface area contributed by atoms with Gasteiger partial charge in [-0.15, -0.1) is 0 Å². The van der Waals surface area contributed by atoms with E-state index in [9.17, 15) is 4.79 Å². The number of rotatable bonds is 4. The van der Waals surface area contributed by atoms with E-state index in [-0.39, 0.29) is 18.2 Å². The summed E-state index contributed by atoms with van der Waals surface area (Å²) < 4.78 is 11.4. The number of ether oxygens (including phenoxy) is 1. The zero-order valence-corrected chi connectivity index (χ0v) is 11.9. The second kappa shape index (κ2) is 5.08. The first-order chi connectivity index (χ1) is 8.46. The minimum atomic E-state index is -1.72. The topological polar surface area (TPSA) is 35.5 Å². The van der Waals surface area contributed by atoms with Gasteiger partial charge in [0.25, 0.3) is 0 Å². The molecule has 0 aromatic heterocycles. The van der Waals surface area contributed by atoms with Crippen LogP contribution in [0.2, 0.25) is 19.6 Å². The number of carbonyl (C=O) groups is 1. The molecule has 0 saturated heterocycles. The van der Waals surface area contributed by atoms with Gasteiger partial charge in [0.2, 0.25) is 0 Å². The zero-order chi connectivity index (χ0) is 13.2. The highest BCUT2D eigenvalue weighted by molar-refractivity contribution is 6.69. The number of cyclic esters (lactones) is 1. The summed E-state index contributed by atoms with van der Waals surface area (Å²) in [6.45, 7) is 6.39. The SMILES string of the molecule is C[Si](C)(C)O[C@@H](c1ccccc1)[C@@H]1C=CC(=O)O1. The summed E-state index contributed by atoms with van der Waals surface area (Å²) in [6, 6.07) is 9.91. The first kappa shape index (κ1) is 13.0. The van der Waals surface area contributed by atoms with Crippen LogP contribution in [-0.4, -0.2) is 20.4 Å². The summed E-state index contributed by atoms with van der Waals surface area (Å²) in [5.41, 5.74) is 1.05. The zero-order valence-electron chi connectivity index (χ0n) is 10.9. The number of carbonyl (C=O) groups excluding carboxylic acids is 1. The van der Waals surface area contributed by atoms with E-state index in [1.165, 1.54) is 6.08 Å². The van der Waals surface area contributed by atoms with Gasteiger partial charge in [-0.1, -0.05) is 30.3 Å². The van der Waals surface area contributed by atoms with Crippen LogP contribution < -0.4 is 0 Å². The average Bonchev–Trinajstić information content (AvgIpc) is 2.73. The van der Waals surface area contributed by atoms with Gasteiger partial charge in [-0.05, 0) is 31.3 Å². The normalized spacial score (nSPS) is 20.8. The Kier molecular flexibility index (Phi) is 3.68. The van der Waals surface area contributed by atoms with E-state index in [0.29, 0.717) is 0 Å². The van der Waals surface area contributed by atoms with E-state index < -0.39 is 8.32 Å². The van der Waals surface area contributed by atoms with E-state index in [1.807, 2.05) is 30.3 Å². The molecule has 2 rings (SSSR count). The molecule has 1 aliphatic heterocycles. The maximum atomic E-state index is 11.2. The van der Waals surface area contributed by atoms with Gasteiger partial charge >= 0.3 is 5.97 Å². The Morgan fingerprint density at radius 3 is 2.39 bits per heavy atom. The van der Waals surface area contributed by atoms with E-state index in [1.54, 1.807) is 6.08 Å². The molecular formula is C14H18O3Si. The predicted molar refractivity (Wildman–Crippen MR) is 72.6 cm³/mol. The summed E-state index contributed by atoms with van der Waals surface area (Å²) in [6.07, 6.45) is 2.72. The van der Waals surface area contributed by atoms with Crippen LogP contribution in [0.4, 0.5) is 0 Å². The van der Waals surface area contributed by atoms with Crippen molar-refractivity contribution in [2.24, 2.45) is 0 Å². The Labute approximate surface area is 109 Å². The minimum Gasteiger partial charge on any atom is -0.452 e. The molecule has 0 fully saturated rings. The van der Waals surface area contributed by atoms with Crippen LogP contribution in [-0.2, 0) is 14.0 Å². The average molecular weight is 262 g/mol. The second-order valence-electron chi connectivity index (χ2n) is 5.32. The highest BCUT2D eigenvalue weighted by atomic mass is 28.4. The van der Waals surface area contributed by atoms with Gasteiger partial charge in [-0.2, -0.15) is 0 Å². The molecule has 0 amide bonds. The van der Waals surface area contributed by atoms with Gasteiger partial charge in [0.05, 0.1) is 0 Å². The molecule has 3 nitrogen and oxygen atoms in total. The molecule has 0 saturated carbocycles. The van der Waals surface area contributed by atoms with Crippen LogP contribution in [0.1, 0.15) is 11.7 Å². The van der Waals surface area contributed by atoms with Gasteiger partial charge in [-0.3, -0.25) is 0 Å². The smallest absolute Gasteiger partial charge is 0.331 e. The number of hydrogen-bond acceptors (Lipinski definition) is 3.